The van der Waals surface area contributed by atoms with Crippen molar-refractivity contribution in [3.8, 4) is 5.75 Å². The highest BCUT2D eigenvalue weighted by molar-refractivity contribution is 5.82. The molecule has 0 atom stereocenters. The zero-order chi connectivity index (χ0) is 17.1. The number of methoxy groups -OCH3 is 1. The lowest BCUT2D eigenvalue weighted by Gasteiger charge is -2.07. The van der Waals surface area contributed by atoms with Crippen LogP contribution in [-0.2, 0) is 24.8 Å². The Morgan fingerprint density at radius 2 is 1.96 bits per heavy atom. The van der Waals surface area contributed by atoms with Gasteiger partial charge in [-0.1, -0.05) is 18.2 Å². The molecular weight excluding hydrogens is 300 g/mol. The lowest BCUT2D eigenvalue weighted by molar-refractivity contribution is -0.120. The monoisotopic (exact) mass is 322 g/mol. The molecule has 0 spiro atoms. The van der Waals surface area contributed by atoms with Crippen molar-refractivity contribution in [1.29, 1.82) is 0 Å². The summed E-state index contributed by atoms with van der Waals surface area (Å²) in [6, 6.07) is 16.1. The minimum Gasteiger partial charge on any atom is -0.497 e. The zero-order valence-electron chi connectivity index (χ0n) is 14.3. The van der Waals surface area contributed by atoms with E-state index in [0.29, 0.717) is 13.0 Å². The largest absolute Gasteiger partial charge is 0.497 e. The number of carbonyl (C=O) groups excluding carboxylic acids is 1. The molecule has 4 nitrogen and oxygen atoms in total. The third-order valence-corrected chi connectivity index (χ3v) is 4.34. The molecule has 0 radical (unpaired) electrons. The Hall–Kier alpha value is -2.75. The van der Waals surface area contributed by atoms with E-state index in [1.54, 1.807) is 7.11 Å². The molecule has 124 valence electrons. The highest BCUT2D eigenvalue weighted by Crippen LogP contribution is 2.19. The molecule has 0 saturated heterocycles. The molecule has 0 aliphatic carbocycles. The van der Waals surface area contributed by atoms with Crippen LogP contribution in [0.15, 0.2) is 48.5 Å². The number of nitrogens with one attached hydrogen (secondary N) is 1. The van der Waals surface area contributed by atoms with Crippen molar-refractivity contribution in [2.75, 3.05) is 7.11 Å². The molecule has 0 fully saturated rings. The van der Waals surface area contributed by atoms with E-state index in [0.717, 1.165) is 16.9 Å². The maximum Gasteiger partial charge on any atom is 0.224 e. The smallest absolute Gasteiger partial charge is 0.224 e. The summed E-state index contributed by atoms with van der Waals surface area (Å²) < 4.78 is 7.35. The molecule has 3 aromatic rings. The average molecular weight is 322 g/mol. The Morgan fingerprint density at radius 3 is 2.75 bits per heavy atom. The van der Waals surface area contributed by atoms with Crippen LogP contribution in [0.5, 0.6) is 5.75 Å². The van der Waals surface area contributed by atoms with Crippen molar-refractivity contribution in [2.45, 2.75) is 19.9 Å². The summed E-state index contributed by atoms with van der Waals surface area (Å²) in [6.45, 7) is 2.63. The fraction of sp³-hybridized carbons (Fsp3) is 0.250. The number of fused-ring (bicyclic) bond motifs is 1. The summed E-state index contributed by atoms with van der Waals surface area (Å²) >= 11 is 0. The number of ether oxygens (including phenoxy) is 1. The number of aryl methyl sites for hydroxylation is 2. The molecule has 3 rings (SSSR count). The fourth-order valence-corrected chi connectivity index (χ4v) is 2.88. The number of benzene rings is 2. The SMILES string of the molecule is COc1cccc(CC(=O)NCc2ccc3c(c2)cc(C)n3C)c1. The Balaban J connectivity index is 1.63. The first-order valence-electron chi connectivity index (χ1n) is 8.01. The number of hydrogen-bond acceptors (Lipinski definition) is 2. The first-order chi connectivity index (χ1) is 11.6. The van der Waals surface area contributed by atoms with E-state index in [4.69, 9.17) is 4.74 Å². The quantitative estimate of drug-likeness (QED) is 0.783. The van der Waals surface area contributed by atoms with Crippen molar-refractivity contribution in [3.05, 3.63) is 65.4 Å². The van der Waals surface area contributed by atoms with E-state index in [1.807, 2.05) is 24.3 Å². The minimum atomic E-state index is 0.00703. The summed E-state index contributed by atoms with van der Waals surface area (Å²) in [5, 5.41) is 4.19. The van der Waals surface area contributed by atoms with E-state index in [-0.39, 0.29) is 5.91 Å². The Morgan fingerprint density at radius 1 is 1.12 bits per heavy atom. The maximum absolute atomic E-state index is 12.2. The van der Waals surface area contributed by atoms with Gasteiger partial charge in [-0.15, -0.1) is 0 Å². The molecule has 0 aliphatic heterocycles. The summed E-state index contributed by atoms with van der Waals surface area (Å²) in [6.07, 6.45) is 0.351. The van der Waals surface area contributed by atoms with E-state index in [9.17, 15) is 4.79 Å². The lowest BCUT2D eigenvalue weighted by Crippen LogP contribution is -2.24. The third-order valence-electron chi connectivity index (χ3n) is 4.34. The second-order valence-corrected chi connectivity index (χ2v) is 6.04. The Bertz CT molecular complexity index is 880. The van der Waals surface area contributed by atoms with E-state index >= 15 is 0 Å². The average Bonchev–Trinajstić information content (AvgIpc) is 2.87. The van der Waals surface area contributed by atoms with Gasteiger partial charge in [0.15, 0.2) is 0 Å². The molecule has 4 heteroatoms. The molecule has 0 unspecified atom stereocenters. The van der Waals surface area contributed by atoms with Crippen molar-refractivity contribution < 1.29 is 9.53 Å². The van der Waals surface area contributed by atoms with Gasteiger partial charge in [0.1, 0.15) is 5.75 Å². The van der Waals surface area contributed by atoms with Gasteiger partial charge in [-0.25, -0.2) is 0 Å². The molecular formula is C20H22N2O2. The number of nitrogens with zero attached hydrogens (tertiary/aromatic N) is 1. The predicted molar refractivity (Wildman–Crippen MR) is 96.2 cm³/mol. The minimum absolute atomic E-state index is 0.00703. The zero-order valence-corrected chi connectivity index (χ0v) is 14.3. The standard InChI is InChI=1S/C20H22N2O2/c1-14-9-17-10-16(7-8-19(17)22(14)2)13-21-20(23)12-15-5-4-6-18(11-15)24-3/h4-11H,12-13H2,1-3H3,(H,21,23). The van der Waals surface area contributed by atoms with Crippen LogP contribution in [0.25, 0.3) is 10.9 Å². The number of amides is 1. The molecule has 0 aliphatic rings. The predicted octanol–water partition coefficient (Wildman–Crippen LogP) is 3.35. The van der Waals surface area contributed by atoms with Gasteiger partial charge in [0, 0.05) is 30.2 Å². The summed E-state index contributed by atoms with van der Waals surface area (Å²) in [5.74, 6) is 0.776. The van der Waals surface area contributed by atoms with Gasteiger partial charge in [-0.2, -0.15) is 0 Å². The van der Waals surface area contributed by atoms with Gasteiger partial charge in [0.2, 0.25) is 5.91 Å². The van der Waals surface area contributed by atoms with Gasteiger partial charge in [-0.05, 0) is 48.4 Å². The molecule has 1 amide bonds. The second-order valence-electron chi connectivity index (χ2n) is 6.04. The van der Waals surface area contributed by atoms with Crippen LogP contribution in [0, 0.1) is 6.92 Å². The van der Waals surface area contributed by atoms with Crippen molar-refractivity contribution in [2.24, 2.45) is 7.05 Å². The molecule has 1 heterocycles. The number of rotatable bonds is 5. The third kappa shape index (κ3) is 3.43. The number of carbonyl (C=O) groups is 1. The van der Waals surface area contributed by atoms with Crippen molar-refractivity contribution in [3.63, 3.8) is 0 Å². The van der Waals surface area contributed by atoms with Crippen LogP contribution >= 0.6 is 0 Å². The van der Waals surface area contributed by atoms with Crippen LogP contribution in [0.3, 0.4) is 0 Å². The second kappa shape index (κ2) is 6.79. The van der Waals surface area contributed by atoms with E-state index in [2.05, 4.69) is 48.1 Å². The van der Waals surface area contributed by atoms with Gasteiger partial charge >= 0.3 is 0 Å². The first-order valence-corrected chi connectivity index (χ1v) is 8.01. The van der Waals surface area contributed by atoms with Gasteiger partial charge < -0.3 is 14.6 Å². The van der Waals surface area contributed by atoms with E-state index < -0.39 is 0 Å². The normalized spacial score (nSPS) is 10.8. The summed E-state index contributed by atoms with van der Waals surface area (Å²) in [7, 11) is 3.69. The molecule has 0 saturated carbocycles. The van der Waals surface area contributed by atoms with Crippen LogP contribution in [0.1, 0.15) is 16.8 Å². The highest BCUT2D eigenvalue weighted by Gasteiger charge is 2.06. The maximum atomic E-state index is 12.2. The van der Waals surface area contributed by atoms with Crippen LogP contribution in [0.4, 0.5) is 0 Å². The molecule has 0 bridgehead atoms. The Labute approximate surface area is 142 Å². The number of hydrogen-bond donors (Lipinski definition) is 1. The highest BCUT2D eigenvalue weighted by atomic mass is 16.5. The molecule has 24 heavy (non-hydrogen) atoms. The van der Waals surface area contributed by atoms with Crippen LogP contribution in [-0.4, -0.2) is 17.6 Å². The fourth-order valence-electron chi connectivity index (χ4n) is 2.88. The van der Waals surface area contributed by atoms with Gasteiger partial charge in [0.05, 0.1) is 13.5 Å². The Kier molecular flexibility index (Phi) is 4.56. The van der Waals surface area contributed by atoms with Crippen LogP contribution in [0.2, 0.25) is 0 Å². The summed E-state index contributed by atoms with van der Waals surface area (Å²) in [4.78, 5) is 12.2. The van der Waals surface area contributed by atoms with Crippen molar-refractivity contribution in [1.82, 2.24) is 9.88 Å². The topological polar surface area (TPSA) is 43.3 Å². The number of aromatic nitrogens is 1. The summed E-state index contributed by atoms with van der Waals surface area (Å²) in [5.41, 5.74) is 4.48. The molecule has 1 aromatic heterocycles. The van der Waals surface area contributed by atoms with E-state index in [1.165, 1.54) is 16.6 Å². The molecule has 1 N–H and O–H groups in total. The molecule has 2 aromatic carbocycles. The van der Waals surface area contributed by atoms with Crippen LogP contribution < -0.4 is 10.1 Å². The van der Waals surface area contributed by atoms with Crippen molar-refractivity contribution >= 4 is 16.8 Å². The first kappa shape index (κ1) is 16.1. The lowest BCUT2D eigenvalue weighted by atomic mass is 10.1. The van der Waals surface area contributed by atoms with Gasteiger partial charge in [0.25, 0.3) is 0 Å². The van der Waals surface area contributed by atoms with Gasteiger partial charge in [-0.3, -0.25) is 4.79 Å².